The summed E-state index contributed by atoms with van der Waals surface area (Å²) in [6.45, 7) is 4.13. The monoisotopic (exact) mass is 476 g/mol. The van der Waals surface area contributed by atoms with E-state index in [-0.39, 0.29) is 19.5 Å². The summed E-state index contributed by atoms with van der Waals surface area (Å²) in [7, 11) is 1.60. The van der Waals surface area contributed by atoms with E-state index in [2.05, 4.69) is 36.4 Å². The Labute approximate surface area is 206 Å². The Kier molecular flexibility index (Phi) is 7.02. The average molecular weight is 477 g/mol. The van der Waals surface area contributed by atoms with Gasteiger partial charge in [0.25, 0.3) is 0 Å². The van der Waals surface area contributed by atoms with Crippen LogP contribution in [0.2, 0.25) is 0 Å². The van der Waals surface area contributed by atoms with Crippen molar-refractivity contribution in [3.05, 3.63) is 108 Å². The highest BCUT2D eigenvalue weighted by Gasteiger charge is 2.56. The number of fused-ring (bicyclic) bond motifs is 1. The number of benzene rings is 3. The van der Waals surface area contributed by atoms with Crippen molar-refractivity contribution in [2.75, 3.05) is 20.5 Å². The van der Waals surface area contributed by atoms with Crippen LogP contribution < -0.4 is 0 Å². The zero-order valence-electron chi connectivity index (χ0n) is 20.3. The topological polar surface area (TPSA) is 55.4 Å². The fourth-order valence-corrected chi connectivity index (χ4v) is 5.00. The standard InChI is InChI=1S/C29H32O6/c1-28(2)34-26-25(31-20-30-3)24(33-27(26)35-28)19-32-29(21-13-7-4-8-14-21,22-15-9-5-10-16-22)23-17-11-6-12-18-23/h4-18,24-27H,19-20H2,1-3H3/t24-,25+,26-,27-/m1/s1. The van der Waals surface area contributed by atoms with Gasteiger partial charge in [0.2, 0.25) is 0 Å². The molecule has 0 radical (unpaired) electrons. The van der Waals surface area contributed by atoms with Crippen molar-refractivity contribution in [2.24, 2.45) is 0 Å². The van der Waals surface area contributed by atoms with Crippen LogP contribution in [0.3, 0.4) is 0 Å². The molecule has 3 aromatic rings. The van der Waals surface area contributed by atoms with Crippen LogP contribution in [0.1, 0.15) is 30.5 Å². The quantitative estimate of drug-likeness (QED) is 0.325. The van der Waals surface area contributed by atoms with E-state index in [9.17, 15) is 0 Å². The van der Waals surface area contributed by atoms with Crippen LogP contribution in [-0.2, 0) is 34.0 Å². The Morgan fingerprint density at radius 1 is 0.771 bits per heavy atom. The van der Waals surface area contributed by atoms with Crippen molar-refractivity contribution in [3.8, 4) is 0 Å². The van der Waals surface area contributed by atoms with Gasteiger partial charge in [-0.2, -0.15) is 0 Å². The lowest BCUT2D eigenvalue weighted by Crippen LogP contribution is -2.42. The minimum atomic E-state index is -0.850. The minimum absolute atomic E-state index is 0.124. The molecular formula is C29H32O6. The second-order valence-corrected chi connectivity index (χ2v) is 9.27. The van der Waals surface area contributed by atoms with Gasteiger partial charge in [-0.15, -0.1) is 0 Å². The second-order valence-electron chi connectivity index (χ2n) is 9.27. The smallest absolute Gasteiger partial charge is 0.190 e. The highest BCUT2D eigenvalue weighted by molar-refractivity contribution is 5.47. The van der Waals surface area contributed by atoms with Gasteiger partial charge < -0.3 is 28.4 Å². The molecule has 2 aliphatic heterocycles. The number of rotatable bonds is 9. The van der Waals surface area contributed by atoms with Crippen LogP contribution in [0, 0.1) is 0 Å². The summed E-state index contributed by atoms with van der Waals surface area (Å²) < 4.78 is 36.5. The van der Waals surface area contributed by atoms with E-state index in [0.29, 0.717) is 0 Å². The fraction of sp³-hybridized carbons (Fsp3) is 0.379. The van der Waals surface area contributed by atoms with Crippen LogP contribution in [0.25, 0.3) is 0 Å². The SMILES string of the molecule is COCO[C@@H]1[C@H]2OC(C)(C)O[C@H]2O[C@@H]1COC(c1ccccc1)(c1ccccc1)c1ccccc1. The van der Waals surface area contributed by atoms with Gasteiger partial charge in [0.05, 0.1) is 6.61 Å². The van der Waals surface area contributed by atoms with E-state index in [0.717, 1.165) is 16.7 Å². The molecule has 0 amide bonds. The number of hydrogen-bond donors (Lipinski definition) is 0. The van der Waals surface area contributed by atoms with Gasteiger partial charge >= 0.3 is 0 Å². The molecule has 3 aromatic carbocycles. The van der Waals surface area contributed by atoms with E-state index in [1.807, 2.05) is 68.4 Å². The first-order valence-corrected chi connectivity index (χ1v) is 12.0. The Balaban J connectivity index is 1.51. The van der Waals surface area contributed by atoms with Crippen LogP contribution in [0.15, 0.2) is 91.0 Å². The van der Waals surface area contributed by atoms with Gasteiger partial charge in [-0.3, -0.25) is 0 Å². The zero-order valence-corrected chi connectivity index (χ0v) is 20.3. The summed E-state index contributed by atoms with van der Waals surface area (Å²) in [5.74, 6) is -0.738. The summed E-state index contributed by atoms with van der Waals surface area (Å²) in [6, 6.07) is 30.8. The highest BCUT2D eigenvalue weighted by atomic mass is 16.8. The predicted octanol–water partition coefficient (Wildman–Crippen LogP) is 4.86. The van der Waals surface area contributed by atoms with Gasteiger partial charge in [-0.25, -0.2) is 0 Å². The van der Waals surface area contributed by atoms with Gasteiger partial charge in [0.1, 0.15) is 30.7 Å². The molecule has 35 heavy (non-hydrogen) atoms. The van der Waals surface area contributed by atoms with E-state index >= 15 is 0 Å². The Morgan fingerprint density at radius 3 is 1.77 bits per heavy atom. The van der Waals surface area contributed by atoms with Gasteiger partial charge in [-0.1, -0.05) is 91.0 Å². The van der Waals surface area contributed by atoms with Crippen molar-refractivity contribution >= 4 is 0 Å². The van der Waals surface area contributed by atoms with Gasteiger partial charge in [0.15, 0.2) is 12.1 Å². The number of methoxy groups -OCH3 is 1. The lowest BCUT2D eigenvalue weighted by Gasteiger charge is -2.37. The molecule has 5 rings (SSSR count). The molecule has 184 valence electrons. The highest BCUT2D eigenvalue weighted by Crippen LogP contribution is 2.43. The van der Waals surface area contributed by atoms with Crippen molar-refractivity contribution in [1.29, 1.82) is 0 Å². The zero-order chi connectivity index (χ0) is 24.3. The Hall–Kier alpha value is -2.58. The van der Waals surface area contributed by atoms with Crippen LogP contribution in [0.4, 0.5) is 0 Å². The van der Waals surface area contributed by atoms with E-state index in [4.69, 9.17) is 28.4 Å². The molecular weight excluding hydrogens is 444 g/mol. The first kappa shape index (κ1) is 24.1. The number of ether oxygens (including phenoxy) is 6. The maximum absolute atomic E-state index is 6.94. The third-order valence-electron chi connectivity index (χ3n) is 6.47. The summed E-state index contributed by atoms with van der Waals surface area (Å²) in [5, 5.41) is 0. The first-order valence-electron chi connectivity index (χ1n) is 12.0. The molecule has 0 unspecified atom stereocenters. The summed E-state index contributed by atoms with van der Waals surface area (Å²) in [4.78, 5) is 0. The minimum Gasteiger partial charge on any atom is -0.359 e. The lowest BCUT2D eigenvalue weighted by atomic mass is 9.80. The third kappa shape index (κ3) is 4.78. The molecule has 0 N–H and O–H groups in total. The van der Waals surface area contributed by atoms with Crippen molar-refractivity contribution in [3.63, 3.8) is 0 Å². The summed E-state index contributed by atoms with van der Waals surface area (Å²) in [5.41, 5.74) is 2.23. The average Bonchev–Trinajstić information content (AvgIpc) is 3.36. The molecule has 4 atom stereocenters. The predicted molar refractivity (Wildman–Crippen MR) is 131 cm³/mol. The maximum Gasteiger partial charge on any atom is 0.190 e. The summed E-state index contributed by atoms with van der Waals surface area (Å²) >= 11 is 0. The molecule has 2 fully saturated rings. The normalized spacial score (nSPS) is 25.5. The molecule has 0 spiro atoms. The molecule has 2 saturated heterocycles. The first-order chi connectivity index (χ1) is 17.0. The number of hydrogen-bond acceptors (Lipinski definition) is 6. The van der Waals surface area contributed by atoms with Crippen molar-refractivity contribution in [1.82, 2.24) is 0 Å². The summed E-state index contributed by atoms with van der Waals surface area (Å²) in [6.07, 6.45) is -1.71. The molecule has 0 aliphatic carbocycles. The van der Waals surface area contributed by atoms with Crippen LogP contribution in [-0.4, -0.2) is 50.9 Å². The molecule has 6 nitrogen and oxygen atoms in total. The molecule has 2 heterocycles. The van der Waals surface area contributed by atoms with Gasteiger partial charge in [0, 0.05) is 7.11 Å². The third-order valence-corrected chi connectivity index (χ3v) is 6.47. The van der Waals surface area contributed by atoms with E-state index < -0.39 is 29.9 Å². The molecule has 6 heteroatoms. The lowest BCUT2D eigenvalue weighted by molar-refractivity contribution is -0.232. The Morgan fingerprint density at radius 2 is 1.29 bits per heavy atom. The Bertz CT molecular complexity index is 975. The molecule has 0 aromatic heterocycles. The van der Waals surface area contributed by atoms with Crippen LogP contribution in [0.5, 0.6) is 0 Å². The second kappa shape index (κ2) is 10.2. The van der Waals surface area contributed by atoms with E-state index in [1.54, 1.807) is 7.11 Å². The van der Waals surface area contributed by atoms with Crippen molar-refractivity contribution in [2.45, 2.75) is 49.8 Å². The van der Waals surface area contributed by atoms with Crippen molar-refractivity contribution < 1.29 is 28.4 Å². The van der Waals surface area contributed by atoms with Crippen LogP contribution >= 0.6 is 0 Å². The largest absolute Gasteiger partial charge is 0.359 e. The van der Waals surface area contributed by atoms with E-state index in [1.165, 1.54) is 0 Å². The fourth-order valence-electron chi connectivity index (χ4n) is 5.00. The molecule has 0 bridgehead atoms. The molecule has 0 saturated carbocycles. The van der Waals surface area contributed by atoms with Gasteiger partial charge in [-0.05, 0) is 30.5 Å². The molecule has 2 aliphatic rings. The maximum atomic E-state index is 6.94.